The second-order valence-electron chi connectivity index (χ2n) is 28.4. The summed E-state index contributed by atoms with van der Waals surface area (Å²) in [5, 5.41) is 2.14. The highest BCUT2D eigenvalue weighted by molar-refractivity contribution is 7.02. The molecule has 0 atom stereocenters. The third kappa shape index (κ3) is 8.61. The van der Waals surface area contributed by atoms with Gasteiger partial charge in [-0.2, -0.15) is 0 Å². The number of furan rings is 1. The lowest BCUT2D eigenvalue weighted by molar-refractivity contribution is 0.466. The number of hydrogen-bond donors (Lipinski definition) is 0. The standard InChI is InChI=1S/C84H68B2N2O3/c1-82(2,3)55-42-59(51-28-14-10-15-29-51)78(60(43-55)52-30-16-11-17-31-52)87-68-50-74-63(58-36-22-25-39-71(58)89-74)48-66(68)86-67-49-75-77-81(91-73-41-27-24-38-65(73)85(77)64-37-23-26-40-72(64)90-75)80(67)88(70-47-57(84(7,8)9)46-69(87)76(70)86)79-61(53-32-18-12-19-33-53)44-56(83(4,5)6)45-62(79)54-34-20-13-21-35-54/h10-50H,1-9H3. The molecule has 4 aliphatic rings. The molecule has 1 aromatic heterocycles. The lowest BCUT2D eigenvalue weighted by Crippen LogP contribution is -2.63. The topological polar surface area (TPSA) is 38.1 Å². The van der Waals surface area contributed by atoms with E-state index >= 15 is 0 Å². The largest absolute Gasteiger partial charge is 0.458 e. The molecular weight excluding hydrogens is 1110 g/mol. The van der Waals surface area contributed by atoms with E-state index in [1.54, 1.807) is 0 Å². The van der Waals surface area contributed by atoms with Gasteiger partial charge in [0.1, 0.15) is 34.2 Å². The maximum absolute atomic E-state index is 7.83. The van der Waals surface area contributed by atoms with Gasteiger partial charge in [-0.15, -0.1) is 0 Å². The van der Waals surface area contributed by atoms with Crippen molar-refractivity contribution in [3.05, 3.63) is 265 Å². The van der Waals surface area contributed by atoms with Crippen molar-refractivity contribution in [3.8, 4) is 67.5 Å². The molecule has 5 heterocycles. The molecule has 91 heavy (non-hydrogen) atoms. The fraction of sp³-hybridized carbons (Fsp3) is 0.143. The van der Waals surface area contributed by atoms with Crippen molar-refractivity contribution < 1.29 is 13.9 Å². The van der Waals surface area contributed by atoms with Gasteiger partial charge in [-0.1, -0.05) is 244 Å². The number of rotatable bonds is 6. The number of benzene rings is 12. The predicted octanol–water partition coefficient (Wildman–Crippen LogP) is 19.0. The Morgan fingerprint density at radius 3 is 1.22 bits per heavy atom. The number of hydrogen-bond acceptors (Lipinski definition) is 5. The zero-order valence-corrected chi connectivity index (χ0v) is 52.9. The second-order valence-corrected chi connectivity index (χ2v) is 28.4. The predicted molar refractivity (Wildman–Crippen MR) is 383 cm³/mol. The summed E-state index contributed by atoms with van der Waals surface area (Å²) in [6.45, 7) is 20.6. The van der Waals surface area contributed by atoms with Crippen LogP contribution in [0.1, 0.15) is 79.0 Å². The summed E-state index contributed by atoms with van der Waals surface area (Å²) in [5.41, 5.74) is 26.8. The van der Waals surface area contributed by atoms with Gasteiger partial charge in [-0.3, -0.25) is 0 Å². The zero-order chi connectivity index (χ0) is 61.8. The second kappa shape index (κ2) is 20.1. The van der Waals surface area contributed by atoms with Gasteiger partial charge in [0.05, 0.1) is 17.1 Å². The van der Waals surface area contributed by atoms with E-state index in [1.165, 1.54) is 22.2 Å². The lowest BCUT2D eigenvalue weighted by Gasteiger charge is -2.48. The third-order valence-corrected chi connectivity index (χ3v) is 19.6. The van der Waals surface area contributed by atoms with Crippen LogP contribution in [-0.2, 0) is 16.2 Å². The van der Waals surface area contributed by atoms with E-state index in [0.29, 0.717) is 0 Å². The fourth-order valence-corrected chi connectivity index (χ4v) is 15.0. The van der Waals surface area contributed by atoms with E-state index in [4.69, 9.17) is 13.9 Å². The van der Waals surface area contributed by atoms with Crippen molar-refractivity contribution >= 4 is 102 Å². The molecule has 0 unspecified atom stereocenters. The van der Waals surface area contributed by atoms with Crippen LogP contribution in [0, 0.1) is 0 Å². The summed E-state index contributed by atoms with van der Waals surface area (Å²) in [6.07, 6.45) is 0. The summed E-state index contributed by atoms with van der Waals surface area (Å²) in [5.74, 6) is 3.28. The summed E-state index contributed by atoms with van der Waals surface area (Å²) in [7, 11) is 0. The smallest absolute Gasteiger partial charge is 0.260 e. The van der Waals surface area contributed by atoms with Gasteiger partial charge in [0.15, 0.2) is 0 Å². The van der Waals surface area contributed by atoms with E-state index in [0.717, 1.165) is 151 Å². The minimum absolute atomic E-state index is 0.176. The van der Waals surface area contributed by atoms with Crippen LogP contribution in [0.4, 0.5) is 34.1 Å². The van der Waals surface area contributed by atoms with Crippen molar-refractivity contribution in [1.29, 1.82) is 0 Å². The Labute approximate surface area is 534 Å². The first-order chi connectivity index (χ1) is 44.0. The molecule has 17 rings (SSSR count). The van der Waals surface area contributed by atoms with Crippen LogP contribution in [-0.4, -0.2) is 13.4 Å². The summed E-state index contributed by atoms with van der Waals surface area (Å²) in [4.78, 5) is 5.30. The Morgan fingerprint density at radius 1 is 0.297 bits per heavy atom. The third-order valence-electron chi connectivity index (χ3n) is 19.6. The van der Waals surface area contributed by atoms with Crippen LogP contribution in [0.25, 0.3) is 66.4 Å². The molecule has 0 aliphatic carbocycles. The molecule has 13 aromatic rings. The Balaban J connectivity index is 1.10. The molecule has 0 saturated heterocycles. The molecular formula is C84H68B2N2O3. The van der Waals surface area contributed by atoms with Crippen LogP contribution in [0.3, 0.4) is 0 Å². The Bertz CT molecular complexity index is 5000. The number of para-hydroxylation sites is 3. The number of fused-ring (bicyclic) bond motifs is 12. The van der Waals surface area contributed by atoms with Gasteiger partial charge < -0.3 is 23.7 Å². The Kier molecular flexibility index (Phi) is 12.1. The highest BCUT2D eigenvalue weighted by Gasteiger charge is 2.51. The summed E-state index contributed by atoms with van der Waals surface area (Å²) in [6, 6.07) is 92.2. The van der Waals surface area contributed by atoms with Crippen LogP contribution >= 0.6 is 0 Å². The molecule has 12 aromatic carbocycles. The Morgan fingerprint density at radius 2 is 0.714 bits per heavy atom. The van der Waals surface area contributed by atoms with Gasteiger partial charge in [0.25, 0.3) is 13.4 Å². The first-order valence-corrected chi connectivity index (χ1v) is 32.1. The first kappa shape index (κ1) is 54.9. The number of nitrogens with zero attached hydrogens (tertiary/aromatic N) is 2. The van der Waals surface area contributed by atoms with Gasteiger partial charge in [0, 0.05) is 61.6 Å². The summed E-state index contributed by atoms with van der Waals surface area (Å²) < 4.78 is 22.3. The van der Waals surface area contributed by atoms with Crippen molar-refractivity contribution in [2.45, 2.75) is 78.6 Å². The van der Waals surface area contributed by atoms with Gasteiger partial charge in [0.2, 0.25) is 0 Å². The van der Waals surface area contributed by atoms with Crippen LogP contribution in [0.15, 0.2) is 253 Å². The molecule has 0 radical (unpaired) electrons. The molecule has 0 fully saturated rings. The van der Waals surface area contributed by atoms with Crippen LogP contribution < -0.4 is 52.1 Å². The van der Waals surface area contributed by atoms with Gasteiger partial charge in [-0.25, -0.2) is 0 Å². The van der Waals surface area contributed by atoms with Crippen molar-refractivity contribution in [1.82, 2.24) is 0 Å². The quantitative estimate of drug-likeness (QED) is 0.155. The summed E-state index contributed by atoms with van der Waals surface area (Å²) >= 11 is 0. The molecule has 5 nitrogen and oxygen atoms in total. The molecule has 0 bridgehead atoms. The molecule has 0 N–H and O–H groups in total. The molecule has 0 amide bonds. The van der Waals surface area contributed by atoms with E-state index in [1.807, 2.05) is 0 Å². The first-order valence-electron chi connectivity index (χ1n) is 32.1. The molecule has 7 heteroatoms. The van der Waals surface area contributed by atoms with E-state index in [2.05, 4.69) is 321 Å². The minimum atomic E-state index is -0.362. The minimum Gasteiger partial charge on any atom is -0.458 e. The van der Waals surface area contributed by atoms with Gasteiger partial charge >= 0.3 is 0 Å². The maximum Gasteiger partial charge on any atom is 0.260 e. The highest BCUT2D eigenvalue weighted by atomic mass is 16.5. The van der Waals surface area contributed by atoms with Crippen molar-refractivity contribution in [2.24, 2.45) is 0 Å². The van der Waals surface area contributed by atoms with Crippen LogP contribution in [0.2, 0.25) is 0 Å². The van der Waals surface area contributed by atoms with Crippen molar-refractivity contribution in [2.75, 3.05) is 9.80 Å². The normalized spacial score (nSPS) is 13.6. The van der Waals surface area contributed by atoms with Gasteiger partial charge in [-0.05, 0) is 143 Å². The number of ether oxygens (including phenoxy) is 2. The average molecular weight is 1180 g/mol. The highest BCUT2D eigenvalue weighted by Crippen LogP contribution is 2.57. The van der Waals surface area contributed by atoms with Crippen LogP contribution in [0.5, 0.6) is 23.0 Å². The number of anilines is 6. The van der Waals surface area contributed by atoms with Crippen molar-refractivity contribution in [3.63, 3.8) is 0 Å². The molecule has 0 saturated carbocycles. The fourth-order valence-electron chi connectivity index (χ4n) is 15.0. The maximum atomic E-state index is 7.83. The van der Waals surface area contributed by atoms with E-state index < -0.39 is 0 Å². The molecule has 0 spiro atoms. The monoisotopic (exact) mass is 1170 g/mol. The Hall–Kier alpha value is -10.2. The lowest BCUT2D eigenvalue weighted by atomic mass is 9.31. The molecule has 438 valence electrons. The molecule has 4 aliphatic heterocycles. The SMILES string of the molecule is CC(C)(C)c1cc(-c2ccccc2)c(N2c3cc4oc5ccccc5c4cc3B3c4cc5c6c(c4N(c4c(-c7ccccc7)cc(C(C)(C)C)cc4-c4ccccc4)c4cc(C(C)(C)C)cc2c43)Oc2ccccc2B6c2ccccc2O5)c(-c2ccccc2)c1. The van der Waals surface area contributed by atoms with E-state index in [-0.39, 0.29) is 29.7 Å². The average Bonchev–Trinajstić information content (AvgIpc) is 1.03. The zero-order valence-electron chi connectivity index (χ0n) is 52.9. The van der Waals surface area contributed by atoms with E-state index in [9.17, 15) is 0 Å².